The van der Waals surface area contributed by atoms with Crippen molar-refractivity contribution in [3.8, 4) is 5.75 Å². The normalized spacial score (nSPS) is 18.5. The number of carbonyl (C=O) groups excluding carboxylic acids is 1. The van der Waals surface area contributed by atoms with Crippen molar-refractivity contribution in [2.75, 3.05) is 6.61 Å². The zero-order valence-corrected chi connectivity index (χ0v) is 11.0. The van der Waals surface area contributed by atoms with Crippen LogP contribution in [0.25, 0.3) is 0 Å². The van der Waals surface area contributed by atoms with Crippen LogP contribution < -0.4 is 10.1 Å². The van der Waals surface area contributed by atoms with E-state index in [-0.39, 0.29) is 6.04 Å². The smallest absolute Gasteiger partial charge is 0.408 e. The van der Waals surface area contributed by atoms with E-state index in [1.54, 1.807) is 0 Å². The zero-order chi connectivity index (χ0) is 13.2. The summed E-state index contributed by atoms with van der Waals surface area (Å²) < 4.78 is 10.8. The van der Waals surface area contributed by atoms with Gasteiger partial charge in [-0.15, -0.1) is 0 Å². The molecular formula is C14H19NO3. The van der Waals surface area contributed by atoms with Gasteiger partial charge in [0, 0.05) is 0 Å². The molecule has 4 nitrogen and oxygen atoms in total. The highest BCUT2D eigenvalue weighted by molar-refractivity contribution is 5.68. The number of para-hydroxylation sites is 1. The molecule has 2 rings (SSSR count). The molecular weight excluding hydrogens is 230 g/mol. The fourth-order valence-electron chi connectivity index (χ4n) is 1.89. The first-order valence-electron chi connectivity index (χ1n) is 6.14. The highest BCUT2D eigenvalue weighted by Crippen LogP contribution is 2.23. The average molecular weight is 249 g/mol. The van der Waals surface area contributed by atoms with E-state index >= 15 is 0 Å². The number of alkyl carbamates (subject to hydrolysis) is 1. The maximum absolute atomic E-state index is 11.6. The predicted molar refractivity (Wildman–Crippen MR) is 68.8 cm³/mol. The molecule has 0 saturated heterocycles. The van der Waals surface area contributed by atoms with Crippen molar-refractivity contribution >= 4 is 6.09 Å². The number of carbonyl (C=O) groups is 1. The summed E-state index contributed by atoms with van der Waals surface area (Å²) in [6.45, 7) is 6.02. The fourth-order valence-corrected chi connectivity index (χ4v) is 1.89. The molecule has 0 aliphatic carbocycles. The SMILES string of the molecule is CC(C)(C)OC(=O)NC1COc2ccccc2C1. The van der Waals surface area contributed by atoms with E-state index in [0.717, 1.165) is 17.7 Å². The summed E-state index contributed by atoms with van der Waals surface area (Å²) in [5.74, 6) is 0.903. The predicted octanol–water partition coefficient (Wildman–Crippen LogP) is 2.51. The Kier molecular flexibility index (Phi) is 3.45. The Bertz CT molecular complexity index is 437. The molecule has 1 aliphatic rings. The van der Waals surface area contributed by atoms with E-state index in [9.17, 15) is 4.79 Å². The van der Waals surface area contributed by atoms with Gasteiger partial charge in [0.25, 0.3) is 0 Å². The maximum atomic E-state index is 11.6. The molecule has 0 radical (unpaired) electrons. The highest BCUT2D eigenvalue weighted by atomic mass is 16.6. The van der Waals surface area contributed by atoms with Crippen molar-refractivity contribution in [3.05, 3.63) is 29.8 Å². The lowest BCUT2D eigenvalue weighted by atomic mass is 10.0. The van der Waals surface area contributed by atoms with Crippen molar-refractivity contribution in [3.63, 3.8) is 0 Å². The van der Waals surface area contributed by atoms with Crippen LogP contribution in [0.1, 0.15) is 26.3 Å². The molecule has 0 aromatic heterocycles. The van der Waals surface area contributed by atoms with Gasteiger partial charge in [-0.05, 0) is 38.8 Å². The summed E-state index contributed by atoms with van der Waals surface area (Å²) >= 11 is 0. The van der Waals surface area contributed by atoms with Gasteiger partial charge in [0.05, 0.1) is 6.04 Å². The summed E-state index contributed by atoms with van der Waals surface area (Å²) in [7, 11) is 0. The van der Waals surface area contributed by atoms with Crippen LogP contribution in [0, 0.1) is 0 Å². The molecule has 1 aromatic carbocycles. The van der Waals surface area contributed by atoms with Crippen molar-refractivity contribution in [2.24, 2.45) is 0 Å². The van der Waals surface area contributed by atoms with Gasteiger partial charge in [-0.3, -0.25) is 0 Å². The van der Waals surface area contributed by atoms with Crippen LogP contribution >= 0.6 is 0 Å². The van der Waals surface area contributed by atoms with Crippen LogP contribution in [-0.2, 0) is 11.2 Å². The van der Waals surface area contributed by atoms with Gasteiger partial charge in [-0.25, -0.2) is 4.79 Å². The zero-order valence-electron chi connectivity index (χ0n) is 11.0. The third kappa shape index (κ3) is 3.39. The summed E-state index contributed by atoms with van der Waals surface area (Å²) in [6, 6.07) is 7.84. The van der Waals surface area contributed by atoms with Crippen molar-refractivity contribution in [1.82, 2.24) is 5.32 Å². The highest BCUT2D eigenvalue weighted by Gasteiger charge is 2.23. The van der Waals surface area contributed by atoms with Gasteiger partial charge < -0.3 is 14.8 Å². The van der Waals surface area contributed by atoms with Gasteiger partial charge in [0.1, 0.15) is 18.0 Å². The lowest BCUT2D eigenvalue weighted by molar-refractivity contribution is 0.0482. The number of hydrogen-bond acceptors (Lipinski definition) is 3. The van der Waals surface area contributed by atoms with Crippen LogP contribution in [0.15, 0.2) is 24.3 Å². The average Bonchev–Trinajstić information content (AvgIpc) is 2.26. The molecule has 1 heterocycles. The lowest BCUT2D eigenvalue weighted by Gasteiger charge is -2.27. The van der Waals surface area contributed by atoms with Crippen LogP contribution in [0.2, 0.25) is 0 Å². The van der Waals surface area contributed by atoms with Crippen molar-refractivity contribution in [1.29, 1.82) is 0 Å². The summed E-state index contributed by atoms with van der Waals surface area (Å²) in [5.41, 5.74) is 0.641. The molecule has 18 heavy (non-hydrogen) atoms. The molecule has 1 aliphatic heterocycles. The molecule has 1 aromatic rings. The van der Waals surface area contributed by atoms with E-state index in [2.05, 4.69) is 5.32 Å². The van der Waals surface area contributed by atoms with E-state index in [4.69, 9.17) is 9.47 Å². The molecule has 98 valence electrons. The second kappa shape index (κ2) is 4.88. The number of rotatable bonds is 1. The lowest BCUT2D eigenvalue weighted by Crippen LogP contribution is -2.44. The molecule has 0 spiro atoms. The first kappa shape index (κ1) is 12.7. The number of benzene rings is 1. The minimum absolute atomic E-state index is 0.0326. The molecule has 0 bridgehead atoms. The molecule has 1 amide bonds. The minimum atomic E-state index is -0.475. The third-order valence-corrected chi connectivity index (χ3v) is 2.60. The number of amides is 1. The van der Waals surface area contributed by atoms with Crippen LogP contribution in [0.4, 0.5) is 4.79 Å². The van der Waals surface area contributed by atoms with Gasteiger partial charge >= 0.3 is 6.09 Å². The summed E-state index contributed by atoms with van der Waals surface area (Å²) in [6.07, 6.45) is 0.380. The third-order valence-electron chi connectivity index (χ3n) is 2.60. The molecule has 1 N–H and O–H groups in total. The number of nitrogens with one attached hydrogen (secondary N) is 1. The molecule has 0 saturated carbocycles. The Morgan fingerprint density at radius 1 is 1.39 bits per heavy atom. The minimum Gasteiger partial charge on any atom is -0.491 e. The number of fused-ring (bicyclic) bond motifs is 1. The fraction of sp³-hybridized carbons (Fsp3) is 0.500. The molecule has 0 fully saturated rings. The van der Waals surface area contributed by atoms with Crippen LogP contribution in [0.5, 0.6) is 5.75 Å². The first-order chi connectivity index (χ1) is 8.44. The van der Waals surface area contributed by atoms with Crippen molar-refractivity contribution < 1.29 is 14.3 Å². The topological polar surface area (TPSA) is 47.6 Å². The largest absolute Gasteiger partial charge is 0.491 e. The molecule has 1 atom stereocenters. The van der Waals surface area contributed by atoms with Gasteiger partial charge in [0.15, 0.2) is 0 Å². The Balaban J connectivity index is 1.92. The standard InChI is InChI=1S/C14H19NO3/c1-14(2,3)18-13(16)15-11-8-10-6-4-5-7-12(10)17-9-11/h4-7,11H,8-9H2,1-3H3,(H,15,16). The number of ether oxygens (including phenoxy) is 2. The summed E-state index contributed by atoms with van der Waals surface area (Å²) in [4.78, 5) is 11.6. The number of hydrogen-bond donors (Lipinski definition) is 1. The van der Waals surface area contributed by atoms with Crippen LogP contribution in [0.3, 0.4) is 0 Å². The van der Waals surface area contributed by atoms with E-state index in [1.165, 1.54) is 0 Å². The Morgan fingerprint density at radius 3 is 2.83 bits per heavy atom. The quantitative estimate of drug-likeness (QED) is 0.832. The Morgan fingerprint density at radius 2 is 2.11 bits per heavy atom. The molecule has 4 heteroatoms. The van der Waals surface area contributed by atoms with E-state index in [0.29, 0.717) is 6.61 Å². The van der Waals surface area contributed by atoms with E-state index < -0.39 is 11.7 Å². The monoisotopic (exact) mass is 249 g/mol. The van der Waals surface area contributed by atoms with Crippen molar-refractivity contribution in [2.45, 2.75) is 38.8 Å². The molecule has 1 unspecified atom stereocenters. The first-order valence-corrected chi connectivity index (χ1v) is 6.14. The van der Waals surface area contributed by atoms with Gasteiger partial charge in [-0.1, -0.05) is 18.2 Å². The second-order valence-electron chi connectivity index (χ2n) is 5.47. The Labute approximate surface area is 107 Å². The van der Waals surface area contributed by atoms with Crippen LogP contribution in [-0.4, -0.2) is 24.3 Å². The summed E-state index contributed by atoms with van der Waals surface area (Å²) in [5, 5.41) is 2.83. The van der Waals surface area contributed by atoms with Gasteiger partial charge in [-0.2, -0.15) is 0 Å². The maximum Gasteiger partial charge on any atom is 0.408 e. The van der Waals surface area contributed by atoms with E-state index in [1.807, 2.05) is 45.0 Å². The second-order valence-corrected chi connectivity index (χ2v) is 5.47. The van der Waals surface area contributed by atoms with Gasteiger partial charge in [0.2, 0.25) is 0 Å². The Hall–Kier alpha value is -1.71.